The number of hydrogen-bond donors (Lipinski definition) is 0. The average Bonchev–Trinajstić information content (AvgIpc) is 2.47. The van der Waals surface area contributed by atoms with Crippen molar-refractivity contribution in [2.24, 2.45) is 5.92 Å². The summed E-state index contributed by atoms with van der Waals surface area (Å²) in [4.78, 5) is 2.61. The van der Waals surface area contributed by atoms with Gasteiger partial charge in [-0.15, -0.1) is 0 Å². The Morgan fingerprint density at radius 2 is 1.91 bits per heavy atom. The van der Waals surface area contributed by atoms with Crippen LogP contribution in [0.25, 0.3) is 0 Å². The van der Waals surface area contributed by atoms with Crippen LogP contribution in [0.15, 0.2) is 53.8 Å². The summed E-state index contributed by atoms with van der Waals surface area (Å²) in [6, 6.07) is 10.9. The van der Waals surface area contributed by atoms with Crippen molar-refractivity contribution in [2.45, 2.75) is 46.0 Å². The Labute approximate surface area is 137 Å². The number of hydrogen-bond acceptors (Lipinski definition) is 1. The van der Waals surface area contributed by atoms with Crippen LogP contribution < -0.4 is 0 Å². The Kier molecular flexibility index (Phi) is 6.22. The molecule has 1 heterocycles. The molecule has 0 spiro atoms. The van der Waals surface area contributed by atoms with Gasteiger partial charge in [0, 0.05) is 25.6 Å². The number of benzene rings is 1. The molecule has 2 heteroatoms. The van der Waals surface area contributed by atoms with E-state index in [4.69, 9.17) is 0 Å². The topological polar surface area (TPSA) is 3.24 Å². The Bertz CT molecular complexity index is 510. The summed E-state index contributed by atoms with van der Waals surface area (Å²) < 4.78 is 0. The summed E-state index contributed by atoms with van der Waals surface area (Å²) in [5.41, 5.74) is 5.75. The fourth-order valence-electron chi connectivity index (χ4n) is 3.16. The summed E-state index contributed by atoms with van der Waals surface area (Å²) in [6.07, 6.45) is 7.16. The standard InChI is InChI=1S/C20H31NSi/c1-5-6-12-19-16-21(15-18-10-8-7-9-11-18)14-13-20(19)17-22(2,3)4/h6-12,17,19H,5,13-16H2,1-4H3/b12-6+,20-17-/t19-/m0/s1. The highest BCUT2D eigenvalue weighted by molar-refractivity contribution is 6.81. The third-order valence-corrected chi connectivity index (χ3v) is 5.36. The number of likely N-dealkylation sites (tertiary alicyclic amines) is 1. The molecule has 1 fully saturated rings. The Morgan fingerprint density at radius 1 is 1.18 bits per heavy atom. The smallest absolute Gasteiger partial charge is 0.0686 e. The lowest BCUT2D eigenvalue weighted by Gasteiger charge is -2.34. The summed E-state index contributed by atoms with van der Waals surface area (Å²) >= 11 is 0. The maximum absolute atomic E-state index is 2.64. The predicted octanol–water partition coefficient (Wildman–Crippen LogP) is 5.28. The molecule has 120 valence electrons. The molecule has 0 bridgehead atoms. The van der Waals surface area contributed by atoms with Crippen molar-refractivity contribution in [3.8, 4) is 0 Å². The highest BCUT2D eigenvalue weighted by Gasteiger charge is 2.24. The van der Waals surface area contributed by atoms with Crippen molar-refractivity contribution in [1.29, 1.82) is 0 Å². The van der Waals surface area contributed by atoms with Crippen LogP contribution in [0.3, 0.4) is 0 Å². The number of rotatable bonds is 5. The summed E-state index contributed by atoms with van der Waals surface area (Å²) in [6.45, 7) is 13.0. The molecule has 1 saturated heterocycles. The molecule has 0 aliphatic carbocycles. The first-order valence-electron chi connectivity index (χ1n) is 8.62. The number of allylic oxidation sites excluding steroid dienone is 1. The van der Waals surface area contributed by atoms with Crippen molar-refractivity contribution >= 4 is 8.07 Å². The minimum Gasteiger partial charge on any atom is -0.298 e. The van der Waals surface area contributed by atoms with E-state index in [2.05, 4.69) is 79.6 Å². The Morgan fingerprint density at radius 3 is 2.55 bits per heavy atom. The van der Waals surface area contributed by atoms with Gasteiger partial charge in [-0.3, -0.25) is 4.90 Å². The highest BCUT2D eigenvalue weighted by Crippen LogP contribution is 2.27. The van der Waals surface area contributed by atoms with Gasteiger partial charge in [-0.1, -0.05) is 80.3 Å². The van der Waals surface area contributed by atoms with Gasteiger partial charge < -0.3 is 0 Å². The molecular formula is C20H31NSi. The lowest BCUT2D eigenvalue weighted by Crippen LogP contribution is -2.36. The molecule has 0 aromatic heterocycles. The van der Waals surface area contributed by atoms with Crippen LogP contribution in [0.2, 0.25) is 19.6 Å². The third kappa shape index (κ3) is 5.58. The molecule has 1 aliphatic rings. The van der Waals surface area contributed by atoms with E-state index in [1.54, 1.807) is 5.57 Å². The first-order chi connectivity index (χ1) is 10.5. The molecule has 1 aromatic carbocycles. The van der Waals surface area contributed by atoms with Crippen molar-refractivity contribution in [2.75, 3.05) is 13.1 Å². The van der Waals surface area contributed by atoms with Gasteiger partial charge in [-0.2, -0.15) is 0 Å². The van der Waals surface area contributed by atoms with E-state index < -0.39 is 8.07 Å². The van der Waals surface area contributed by atoms with Crippen LogP contribution in [0.4, 0.5) is 0 Å². The summed E-state index contributed by atoms with van der Waals surface area (Å²) in [5, 5.41) is 0. The van der Waals surface area contributed by atoms with Gasteiger partial charge in [0.1, 0.15) is 0 Å². The van der Waals surface area contributed by atoms with E-state index in [1.807, 2.05) is 0 Å². The van der Waals surface area contributed by atoms with Crippen LogP contribution in [0, 0.1) is 5.92 Å². The molecule has 1 atom stereocenters. The minimum atomic E-state index is -1.14. The van der Waals surface area contributed by atoms with E-state index in [0.717, 1.165) is 13.0 Å². The quantitative estimate of drug-likeness (QED) is 0.528. The summed E-state index contributed by atoms with van der Waals surface area (Å²) in [5.74, 6) is 0.615. The van der Waals surface area contributed by atoms with E-state index in [9.17, 15) is 0 Å². The molecule has 1 aromatic rings. The SMILES string of the molecule is CC/C=C/[C@H]1CN(Cc2ccccc2)CC/C1=C/[Si](C)(C)C. The monoisotopic (exact) mass is 313 g/mol. The van der Waals surface area contributed by atoms with Gasteiger partial charge in [-0.25, -0.2) is 0 Å². The van der Waals surface area contributed by atoms with Crippen LogP contribution in [0.1, 0.15) is 25.3 Å². The summed E-state index contributed by atoms with van der Waals surface area (Å²) in [7, 11) is -1.14. The molecule has 1 nitrogen and oxygen atoms in total. The molecule has 0 radical (unpaired) electrons. The van der Waals surface area contributed by atoms with Crippen LogP contribution >= 0.6 is 0 Å². The van der Waals surface area contributed by atoms with Crippen LogP contribution in [-0.2, 0) is 6.54 Å². The molecule has 22 heavy (non-hydrogen) atoms. The van der Waals surface area contributed by atoms with Gasteiger partial charge in [0.05, 0.1) is 8.07 Å². The van der Waals surface area contributed by atoms with Crippen molar-refractivity contribution in [3.05, 3.63) is 59.3 Å². The average molecular weight is 314 g/mol. The molecule has 0 unspecified atom stereocenters. The predicted molar refractivity (Wildman–Crippen MR) is 101 cm³/mol. The lowest BCUT2D eigenvalue weighted by atomic mass is 9.92. The van der Waals surface area contributed by atoms with Gasteiger partial charge >= 0.3 is 0 Å². The van der Waals surface area contributed by atoms with Crippen LogP contribution in [-0.4, -0.2) is 26.1 Å². The molecule has 2 rings (SSSR count). The second-order valence-corrected chi connectivity index (χ2v) is 12.5. The number of nitrogens with zero attached hydrogens (tertiary/aromatic N) is 1. The fourth-order valence-corrected chi connectivity index (χ4v) is 4.64. The van der Waals surface area contributed by atoms with Crippen LogP contribution in [0.5, 0.6) is 0 Å². The second kappa shape index (κ2) is 7.93. The van der Waals surface area contributed by atoms with Gasteiger partial charge in [-0.05, 0) is 18.4 Å². The van der Waals surface area contributed by atoms with Crippen molar-refractivity contribution in [1.82, 2.24) is 4.90 Å². The normalized spacial score (nSPS) is 22.5. The third-order valence-electron chi connectivity index (χ3n) is 4.12. The zero-order valence-corrected chi connectivity index (χ0v) is 15.7. The van der Waals surface area contributed by atoms with Crippen molar-refractivity contribution in [3.63, 3.8) is 0 Å². The Balaban J connectivity index is 2.08. The maximum atomic E-state index is 2.64. The first-order valence-corrected chi connectivity index (χ1v) is 12.2. The van der Waals surface area contributed by atoms with E-state index in [1.165, 1.54) is 25.1 Å². The molecule has 0 saturated carbocycles. The second-order valence-electron chi connectivity index (χ2n) is 7.50. The fraction of sp³-hybridized carbons (Fsp3) is 0.500. The van der Waals surface area contributed by atoms with Gasteiger partial charge in [0.15, 0.2) is 0 Å². The minimum absolute atomic E-state index is 0.615. The van der Waals surface area contributed by atoms with Gasteiger partial charge in [0.25, 0.3) is 0 Å². The zero-order valence-electron chi connectivity index (χ0n) is 14.7. The first kappa shape index (κ1) is 17.2. The Hall–Kier alpha value is -1.12. The van der Waals surface area contributed by atoms with E-state index in [-0.39, 0.29) is 0 Å². The lowest BCUT2D eigenvalue weighted by molar-refractivity contribution is 0.223. The van der Waals surface area contributed by atoms with E-state index >= 15 is 0 Å². The molecular weight excluding hydrogens is 282 g/mol. The molecule has 1 aliphatic heterocycles. The van der Waals surface area contributed by atoms with Gasteiger partial charge in [0.2, 0.25) is 0 Å². The van der Waals surface area contributed by atoms with E-state index in [0.29, 0.717) is 5.92 Å². The van der Waals surface area contributed by atoms with Crippen molar-refractivity contribution < 1.29 is 0 Å². The molecule has 0 amide bonds. The highest BCUT2D eigenvalue weighted by atomic mass is 28.3. The number of piperidine rings is 1. The maximum Gasteiger partial charge on any atom is 0.0686 e. The molecule has 0 N–H and O–H groups in total. The zero-order chi connectivity index (χ0) is 16.0. The largest absolute Gasteiger partial charge is 0.298 e.